The van der Waals surface area contributed by atoms with E-state index < -0.39 is 10.8 Å². The van der Waals surface area contributed by atoms with Crippen LogP contribution in [0, 0.1) is 10.8 Å². The lowest BCUT2D eigenvalue weighted by atomic mass is 9.97. The number of hydrogen-bond donors (Lipinski definition) is 0. The van der Waals surface area contributed by atoms with Crippen molar-refractivity contribution in [3.05, 3.63) is 58.7 Å². The van der Waals surface area contributed by atoms with Gasteiger partial charge in [0.25, 0.3) is 0 Å². The highest BCUT2D eigenvalue weighted by molar-refractivity contribution is 6.07. The molecule has 40 heavy (non-hydrogen) atoms. The number of carbonyl (C=O) groups excluding carboxylic acids is 3. The second-order valence-electron chi connectivity index (χ2n) is 11.3. The van der Waals surface area contributed by atoms with Crippen molar-refractivity contribution in [3.63, 3.8) is 0 Å². The predicted octanol–water partition coefficient (Wildman–Crippen LogP) is 6.57. The van der Waals surface area contributed by atoms with Crippen molar-refractivity contribution in [1.29, 1.82) is 0 Å². The highest BCUT2D eigenvalue weighted by atomic mass is 16.7. The minimum absolute atomic E-state index is 0.196. The van der Waals surface area contributed by atoms with E-state index in [0.717, 1.165) is 16.7 Å². The van der Waals surface area contributed by atoms with Crippen LogP contribution < -0.4 is 14.2 Å². The summed E-state index contributed by atoms with van der Waals surface area (Å²) in [7, 11) is 1.57. The van der Waals surface area contributed by atoms with Crippen molar-refractivity contribution in [2.75, 3.05) is 20.7 Å². The van der Waals surface area contributed by atoms with E-state index in [1.807, 2.05) is 19.9 Å². The quantitative estimate of drug-likeness (QED) is 0.126. The maximum atomic E-state index is 12.9. The minimum atomic E-state index is -0.627. The summed E-state index contributed by atoms with van der Waals surface area (Å²) in [5.41, 5.74) is 1.71. The average molecular weight is 555 g/mol. The van der Waals surface area contributed by atoms with Crippen LogP contribution in [0.1, 0.15) is 82.4 Å². The molecule has 2 aromatic carbocycles. The van der Waals surface area contributed by atoms with E-state index in [0.29, 0.717) is 35.7 Å². The molecule has 0 aromatic heterocycles. The molecule has 218 valence electrons. The molecule has 8 nitrogen and oxygen atoms in total. The van der Waals surface area contributed by atoms with Crippen LogP contribution in [0.15, 0.2) is 36.4 Å². The molecule has 0 N–H and O–H groups in total. The van der Waals surface area contributed by atoms with Crippen molar-refractivity contribution in [1.82, 2.24) is 0 Å². The molecule has 2 aromatic rings. The molecular formula is C32H42O8. The van der Waals surface area contributed by atoms with E-state index >= 15 is 0 Å². The maximum absolute atomic E-state index is 12.9. The first-order valence-corrected chi connectivity index (χ1v) is 13.4. The number of rotatable bonds is 12. The molecule has 0 atom stereocenters. The van der Waals surface area contributed by atoms with Gasteiger partial charge in [-0.05, 0) is 102 Å². The lowest BCUT2D eigenvalue weighted by molar-refractivity contribution is -0.160. The third-order valence-electron chi connectivity index (χ3n) is 5.96. The Hall–Kier alpha value is -3.81. The molecule has 0 unspecified atom stereocenters. The molecule has 0 aliphatic heterocycles. The van der Waals surface area contributed by atoms with E-state index in [1.165, 1.54) is 6.08 Å². The van der Waals surface area contributed by atoms with Crippen LogP contribution >= 0.6 is 0 Å². The van der Waals surface area contributed by atoms with Gasteiger partial charge < -0.3 is 23.7 Å². The molecule has 0 heterocycles. The van der Waals surface area contributed by atoms with E-state index in [-0.39, 0.29) is 31.3 Å². The summed E-state index contributed by atoms with van der Waals surface area (Å²) >= 11 is 0. The fourth-order valence-electron chi connectivity index (χ4n) is 3.62. The fourth-order valence-corrected chi connectivity index (χ4v) is 3.62. The summed E-state index contributed by atoms with van der Waals surface area (Å²) in [6, 6.07) is 8.51. The molecule has 2 rings (SSSR count). The van der Waals surface area contributed by atoms with Crippen molar-refractivity contribution in [3.8, 4) is 17.2 Å². The summed E-state index contributed by atoms with van der Waals surface area (Å²) in [6.07, 6.45) is 4.49. The molecule has 0 fully saturated rings. The first-order chi connectivity index (χ1) is 18.7. The van der Waals surface area contributed by atoms with Gasteiger partial charge in [-0.1, -0.05) is 13.8 Å². The lowest BCUT2D eigenvalue weighted by Gasteiger charge is -2.21. The van der Waals surface area contributed by atoms with Gasteiger partial charge in [-0.25, -0.2) is 0 Å². The number of ether oxygens (including phenoxy) is 5. The Morgan fingerprint density at radius 1 is 0.775 bits per heavy atom. The summed E-state index contributed by atoms with van der Waals surface area (Å²) in [6.45, 7) is 14.2. The summed E-state index contributed by atoms with van der Waals surface area (Å²) < 4.78 is 27.5. The summed E-state index contributed by atoms with van der Waals surface area (Å²) in [5, 5.41) is 0. The van der Waals surface area contributed by atoms with Gasteiger partial charge in [0, 0.05) is 16.7 Å². The highest BCUT2D eigenvalue weighted by Gasteiger charge is 2.24. The first kappa shape index (κ1) is 32.4. The van der Waals surface area contributed by atoms with Gasteiger partial charge in [-0.2, -0.15) is 0 Å². The zero-order valence-corrected chi connectivity index (χ0v) is 25.1. The minimum Gasteiger partial charge on any atom is -0.496 e. The average Bonchev–Trinajstić information content (AvgIpc) is 2.90. The normalized spacial score (nSPS) is 11.7. The molecule has 0 amide bonds. The topological polar surface area (TPSA) is 97.4 Å². The molecule has 0 bridgehead atoms. The third-order valence-corrected chi connectivity index (χ3v) is 5.96. The summed E-state index contributed by atoms with van der Waals surface area (Å²) in [4.78, 5) is 36.9. The monoisotopic (exact) mass is 554 g/mol. The Balaban J connectivity index is 2.17. The molecule has 0 radical (unpaired) electrons. The number of esters is 2. The summed E-state index contributed by atoms with van der Waals surface area (Å²) in [5.74, 6) is 0.787. The number of ketones is 1. The molecule has 0 aliphatic carbocycles. The van der Waals surface area contributed by atoms with Gasteiger partial charge >= 0.3 is 11.9 Å². The molecule has 0 spiro atoms. The number of benzene rings is 2. The predicted molar refractivity (Wildman–Crippen MR) is 154 cm³/mol. The lowest BCUT2D eigenvalue weighted by Crippen LogP contribution is -2.25. The SMILES string of the molecule is CCc1cc(/C=C/C(=O)c2ccc(OCOC(=O)C(C)(C)C)cc2)c(OC)c(CC)c1OCOC(=O)C(C)(C)C. The van der Waals surface area contributed by atoms with Gasteiger partial charge in [0.15, 0.2) is 5.78 Å². The number of carbonyl (C=O) groups is 3. The number of methoxy groups -OCH3 is 1. The van der Waals surface area contributed by atoms with Gasteiger partial charge in [0.1, 0.15) is 17.2 Å². The number of hydrogen-bond acceptors (Lipinski definition) is 8. The Morgan fingerprint density at radius 2 is 1.32 bits per heavy atom. The van der Waals surface area contributed by atoms with Gasteiger partial charge in [-0.15, -0.1) is 0 Å². The molecular weight excluding hydrogens is 512 g/mol. The van der Waals surface area contributed by atoms with Crippen molar-refractivity contribution < 1.29 is 38.1 Å². The standard InChI is InChI=1S/C32H42O8/c1-10-21-18-23(27(36-9)25(11-2)28(21)38-20-40-30(35)32(6,7)8)14-17-26(33)22-12-15-24(16-13-22)37-19-39-29(34)31(3,4)5/h12-18H,10-11,19-20H2,1-9H3/b17-14+. The number of allylic oxidation sites excluding steroid dienone is 1. The fraction of sp³-hybridized carbons (Fsp3) is 0.469. The van der Waals surface area contributed by atoms with E-state index in [9.17, 15) is 14.4 Å². The maximum Gasteiger partial charge on any atom is 0.314 e. The van der Waals surface area contributed by atoms with E-state index in [1.54, 1.807) is 79.0 Å². The van der Waals surface area contributed by atoms with Gasteiger partial charge in [-0.3, -0.25) is 14.4 Å². The third kappa shape index (κ3) is 8.86. The van der Waals surface area contributed by atoms with E-state index in [4.69, 9.17) is 23.7 Å². The van der Waals surface area contributed by atoms with Crippen LogP contribution in [0.25, 0.3) is 6.08 Å². The van der Waals surface area contributed by atoms with Crippen LogP contribution in [0.3, 0.4) is 0 Å². The second-order valence-corrected chi connectivity index (χ2v) is 11.3. The first-order valence-electron chi connectivity index (χ1n) is 13.4. The largest absolute Gasteiger partial charge is 0.496 e. The Bertz CT molecular complexity index is 1210. The molecule has 0 aliphatic rings. The van der Waals surface area contributed by atoms with Crippen molar-refractivity contribution in [2.45, 2.75) is 68.2 Å². The number of aryl methyl sites for hydroxylation is 1. The van der Waals surface area contributed by atoms with Crippen molar-refractivity contribution in [2.24, 2.45) is 10.8 Å². The second kappa shape index (κ2) is 14.0. The Kier molecular flexibility index (Phi) is 11.3. The van der Waals surface area contributed by atoms with E-state index in [2.05, 4.69) is 0 Å². The molecule has 8 heteroatoms. The highest BCUT2D eigenvalue weighted by Crippen LogP contribution is 2.37. The zero-order chi connectivity index (χ0) is 30.1. The van der Waals surface area contributed by atoms with Gasteiger partial charge in [0.2, 0.25) is 13.6 Å². The Labute approximate surface area is 237 Å². The van der Waals surface area contributed by atoms with Crippen LogP contribution in [0.2, 0.25) is 0 Å². The van der Waals surface area contributed by atoms with Crippen LogP contribution in [-0.4, -0.2) is 38.4 Å². The van der Waals surface area contributed by atoms with Crippen LogP contribution in [0.5, 0.6) is 17.2 Å². The van der Waals surface area contributed by atoms with Crippen LogP contribution in [-0.2, 0) is 31.9 Å². The smallest absolute Gasteiger partial charge is 0.314 e. The molecule has 0 saturated heterocycles. The van der Waals surface area contributed by atoms with Gasteiger partial charge in [0.05, 0.1) is 17.9 Å². The van der Waals surface area contributed by atoms with Crippen molar-refractivity contribution >= 4 is 23.8 Å². The molecule has 0 saturated carbocycles. The Morgan fingerprint density at radius 3 is 1.80 bits per heavy atom. The van der Waals surface area contributed by atoms with Crippen LogP contribution in [0.4, 0.5) is 0 Å². The zero-order valence-electron chi connectivity index (χ0n) is 25.1.